The second kappa shape index (κ2) is 12.5. The number of aromatic nitrogens is 2. The van der Waals surface area contributed by atoms with Crippen LogP contribution in [0.5, 0.6) is 11.5 Å². The van der Waals surface area contributed by atoms with E-state index in [1.807, 2.05) is 60.7 Å². The van der Waals surface area contributed by atoms with Gasteiger partial charge in [-0.3, -0.25) is 14.9 Å². The quantitative estimate of drug-likeness (QED) is 0.0846. The van der Waals surface area contributed by atoms with E-state index in [2.05, 4.69) is 21.0 Å². The van der Waals surface area contributed by atoms with E-state index in [4.69, 9.17) is 18.9 Å². The van der Waals surface area contributed by atoms with Crippen LogP contribution in [0, 0.1) is 10.1 Å². The van der Waals surface area contributed by atoms with Crippen molar-refractivity contribution < 1.29 is 18.8 Å². The first-order valence-corrected chi connectivity index (χ1v) is 15.5. The van der Waals surface area contributed by atoms with Crippen LogP contribution in [-0.2, 0) is 6.61 Å². The van der Waals surface area contributed by atoms with Gasteiger partial charge in [-0.2, -0.15) is 9.78 Å². The van der Waals surface area contributed by atoms with Gasteiger partial charge in [0.05, 0.1) is 28.6 Å². The molecule has 7 rings (SSSR count). The molecule has 0 fully saturated rings. The second-order valence-electron chi connectivity index (χ2n) is 10.6. The number of halogens is 1. The first-order chi connectivity index (χ1) is 22.9. The number of hydrogen-bond donors (Lipinski definition) is 0. The predicted molar refractivity (Wildman–Crippen MR) is 184 cm³/mol. The SMILES string of the molecule is CCOc1cc(C=Nn2c(-c3cc4cc(Br)ccc4o3)nc3ccccc3c2=O)cc([N+](=O)[O-])c1OCc1cccc2ccccc12. The second-order valence-corrected chi connectivity index (χ2v) is 11.5. The van der Waals surface area contributed by atoms with Crippen LogP contribution in [0.25, 0.3) is 44.2 Å². The average Bonchev–Trinajstić information content (AvgIpc) is 3.50. The van der Waals surface area contributed by atoms with Crippen molar-refractivity contribution in [2.75, 3.05) is 6.61 Å². The lowest BCUT2D eigenvalue weighted by molar-refractivity contribution is -0.386. The fraction of sp³-hybridized carbons (Fsp3) is 0.0833. The molecule has 0 N–H and O–H groups in total. The summed E-state index contributed by atoms with van der Waals surface area (Å²) in [7, 11) is 0. The molecule has 5 aromatic carbocycles. The lowest BCUT2D eigenvalue weighted by Crippen LogP contribution is -2.20. The van der Waals surface area contributed by atoms with Gasteiger partial charge in [-0.05, 0) is 65.7 Å². The third kappa shape index (κ3) is 5.84. The molecule has 0 aliphatic carbocycles. The molecular weight excluding hydrogens is 664 g/mol. The Kier molecular flexibility index (Phi) is 7.96. The molecule has 0 saturated heterocycles. The van der Waals surface area contributed by atoms with Crippen molar-refractivity contribution >= 4 is 60.5 Å². The largest absolute Gasteiger partial charge is 0.490 e. The highest BCUT2D eigenvalue weighted by Gasteiger charge is 2.23. The number of benzene rings is 5. The van der Waals surface area contributed by atoms with Crippen LogP contribution in [0.15, 0.2) is 122 Å². The molecule has 0 aliphatic rings. The lowest BCUT2D eigenvalue weighted by atomic mass is 10.1. The van der Waals surface area contributed by atoms with Gasteiger partial charge in [-0.15, -0.1) is 0 Å². The Morgan fingerprint density at radius 3 is 2.55 bits per heavy atom. The molecule has 0 aliphatic heterocycles. The number of nitro groups is 1. The van der Waals surface area contributed by atoms with E-state index in [1.54, 1.807) is 43.3 Å². The van der Waals surface area contributed by atoms with Gasteiger partial charge in [0.15, 0.2) is 11.5 Å². The molecular formula is C36H25BrN4O6. The monoisotopic (exact) mass is 688 g/mol. The summed E-state index contributed by atoms with van der Waals surface area (Å²) in [5.41, 5.74) is 1.54. The fourth-order valence-corrected chi connectivity index (χ4v) is 5.81. The number of hydrogen-bond acceptors (Lipinski definition) is 8. The van der Waals surface area contributed by atoms with Crippen LogP contribution in [-0.4, -0.2) is 27.4 Å². The van der Waals surface area contributed by atoms with Gasteiger partial charge in [0, 0.05) is 21.5 Å². The Hall–Kier alpha value is -5.81. The summed E-state index contributed by atoms with van der Waals surface area (Å²) in [5, 5.41) is 20.0. The Morgan fingerprint density at radius 2 is 1.72 bits per heavy atom. The van der Waals surface area contributed by atoms with Crippen molar-refractivity contribution in [1.82, 2.24) is 9.66 Å². The molecule has 0 radical (unpaired) electrons. The molecule has 0 amide bonds. The molecule has 0 saturated carbocycles. The summed E-state index contributed by atoms with van der Waals surface area (Å²) >= 11 is 3.47. The molecule has 232 valence electrons. The summed E-state index contributed by atoms with van der Waals surface area (Å²) in [4.78, 5) is 30.2. The number of ether oxygens (including phenoxy) is 2. The van der Waals surface area contributed by atoms with Crippen LogP contribution >= 0.6 is 15.9 Å². The van der Waals surface area contributed by atoms with Crippen molar-refractivity contribution in [1.29, 1.82) is 0 Å². The first-order valence-electron chi connectivity index (χ1n) is 14.7. The van der Waals surface area contributed by atoms with Crippen molar-refractivity contribution in [2.24, 2.45) is 5.10 Å². The Bertz CT molecular complexity index is 2410. The van der Waals surface area contributed by atoms with Gasteiger partial charge < -0.3 is 13.9 Å². The van der Waals surface area contributed by atoms with Crippen LogP contribution in [0.4, 0.5) is 5.69 Å². The van der Waals surface area contributed by atoms with E-state index in [0.717, 1.165) is 30.9 Å². The van der Waals surface area contributed by atoms with Crippen LogP contribution < -0.4 is 15.0 Å². The molecule has 2 heterocycles. The molecule has 10 nitrogen and oxygen atoms in total. The van der Waals surface area contributed by atoms with E-state index < -0.39 is 10.5 Å². The predicted octanol–water partition coefficient (Wildman–Crippen LogP) is 8.49. The average molecular weight is 690 g/mol. The van der Waals surface area contributed by atoms with Gasteiger partial charge >= 0.3 is 5.69 Å². The Labute approximate surface area is 275 Å². The highest BCUT2D eigenvalue weighted by molar-refractivity contribution is 9.10. The van der Waals surface area contributed by atoms with Crippen molar-refractivity contribution in [3.05, 3.63) is 139 Å². The maximum atomic E-state index is 13.7. The molecule has 7 aromatic rings. The van der Waals surface area contributed by atoms with Crippen molar-refractivity contribution in [3.63, 3.8) is 0 Å². The number of para-hydroxylation sites is 1. The molecule has 0 unspecified atom stereocenters. The van der Waals surface area contributed by atoms with E-state index in [9.17, 15) is 14.9 Å². The van der Waals surface area contributed by atoms with Gasteiger partial charge in [0.2, 0.25) is 11.6 Å². The van der Waals surface area contributed by atoms with Gasteiger partial charge in [0.1, 0.15) is 12.2 Å². The van der Waals surface area contributed by atoms with Crippen LogP contribution in [0.2, 0.25) is 0 Å². The number of nitro benzene ring substituents is 1. The molecule has 0 spiro atoms. The maximum absolute atomic E-state index is 13.7. The molecule has 0 bridgehead atoms. The number of rotatable bonds is 9. The lowest BCUT2D eigenvalue weighted by Gasteiger charge is -2.14. The van der Waals surface area contributed by atoms with E-state index in [1.165, 1.54) is 12.3 Å². The van der Waals surface area contributed by atoms with Gasteiger partial charge in [0.25, 0.3) is 5.56 Å². The highest BCUT2D eigenvalue weighted by atomic mass is 79.9. The number of furan rings is 1. The third-order valence-electron chi connectivity index (χ3n) is 7.58. The topological polar surface area (TPSA) is 122 Å². The zero-order valence-electron chi connectivity index (χ0n) is 24.9. The smallest absolute Gasteiger partial charge is 0.315 e. The van der Waals surface area contributed by atoms with Crippen LogP contribution in [0.3, 0.4) is 0 Å². The number of nitrogens with zero attached hydrogens (tertiary/aromatic N) is 4. The summed E-state index contributed by atoms with van der Waals surface area (Å²) < 4.78 is 20.0. The summed E-state index contributed by atoms with van der Waals surface area (Å²) in [6, 6.07) is 30.9. The standard InChI is InChI=1S/C36H25BrN4O6/c1-2-45-32-17-22(16-30(41(43)44)34(32)46-21-24-10-7-9-23-8-3-4-11-27(23)24)20-38-40-35(39-29-13-6-5-12-28(29)36(40)42)33-19-25-18-26(37)14-15-31(25)47-33/h3-20H,2,21H2,1H3. The third-order valence-corrected chi connectivity index (χ3v) is 8.07. The minimum atomic E-state index is -0.528. The van der Waals surface area contributed by atoms with Crippen LogP contribution in [0.1, 0.15) is 18.1 Å². The van der Waals surface area contributed by atoms with Crippen molar-refractivity contribution in [3.8, 4) is 23.1 Å². The zero-order chi connectivity index (χ0) is 32.5. The summed E-state index contributed by atoms with van der Waals surface area (Å²) in [6.45, 7) is 2.10. The highest BCUT2D eigenvalue weighted by Crippen LogP contribution is 2.39. The van der Waals surface area contributed by atoms with E-state index in [0.29, 0.717) is 27.8 Å². The van der Waals surface area contributed by atoms with E-state index >= 15 is 0 Å². The van der Waals surface area contributed by atoms with Gasteiger partial charge in [-0.1, -0.05) is 70.5 Å². The first kappa shape index (κ1) is 29.9. The van der Waals surface area contributed by atoms with Gasteiger partial charge in [-0.25, -0.2) is 4.98 Å². The minimum absolute atomic E-state index is 0.000554. The van der Waals surface area contributed by atoms with Crippen molar-refractivity contribution in [2.45, 2.75) is 13.5 Å². The molecule has 2 aromatic heterocycles. The normalized spacial score (nSPS) is 11.5. The maximum Gasteiger partial charge on any atom is 0.315 e. The Morgan fingerprint density at radius 1 is 0.936 bits per heavy atom. The summed E-state index contributed by atoms with van der Waals surface area (Å²) in [5.74, 6) is 0.680. The molecule has 0 atom stereocenters. The van der Waals surface area contributed by atoms with E-state index in [-0.39, 0.29) is 36.2 Å². The Balaban J connectivity index is 1.31. The fourth-order valence-electron chi connectivity index (χ4n) is 5.43. The summed E-state index contributed by atoms with van der Waals surface area (Å²) in [6.07, 6.45) is 1.35. The zero-order valence-corrected chi connectivity index (χ0v) is 26.5. The minimum Gasteiger partial charge on any atom is -0.490 e. The number of fused-ring (bicyclic) bond motifs is 3. The molecule has 11 heteroatoms. The molecule has 47 heavy (non-hydrogen) atoms.